The number of carbonyl (C=O) groups excluding carboxylic acids is 1. The monoisotopic (exact) mass is 197 g/mol. The van der Waals surface area contributed by atoms with Crippen molar-refractivity contribution in [2.24, 2.45) is 5.92 Å². The topological polar surface area (TPSA) is 45.7 Å². The lowest BCUT2D eigenvalue weighted by Crippen LogP contribution is -2.87. The maximum atomic E-state index is 11.8. The quantitative estimate of drug-likeness (QED) is 0.644. The summed E-state index contributed by atoms with van der Waals surface area (Å²) < 4.78 is 0. The van der Waals surface area contributed by atoms with Crippen molar-refractivity contribution >= 4 is 5.91 Å². The molecule has 2 aliphatic rings. The molecule has 1 saturated carbocycles. The predicted octanol–water partition coefficient (Wildman–Crippen LogP) is 0.0186. The summed E-state index contributed by atoms with van der Waals surface area (Å²) in [5.41, 5.74) is 0. The third-order valence-electron chi connectivity index (χ3n) is 3.51. The maximum Gasteiger partial charge on any atom is 0.223 e. The second kappa shape index (κ2) is 4.78. The number of piperidine rings is 1. The molecule has 1 aliphatic carbocycles. The van der Waals surface area contributed by atoms with Crippen LogP contribution in [0.15, 0.2) is 0 Å². The average molecular weight is 197 g/mol. The van der Waals surface area contributed by atoms with E-state index in [-0.39, 0.29) is 0 Å². The zero-order chi connectivity index (χ0) is 9.80. The van der Waals surface area contributed by atoms with Crippen LogP contribution < -0.4 is 10.6 Å². The normalized spacial score (nSPS) is 25.1. The lowest BCUT2D eigenvalue weighted by molar-refractivity contribution is -0.663. The molecule has 0 aromatic heterocycles. The Morgan fingerprint density at radius 1 is 1.07 bits per heavy atom. The van der Waals surface area contributed by atoms with Gasteiger partial charge in [0.1, 0.15) is 0 Å². The van der Waals surface area contributed by atoms with Crippen LogP contribution in [-0.4, -0.2) is 25.0 Å². The zero-order valence-electron chi connectivity index (χ0n) is 8.80. The van der Waals surface area contributed by atoms with Crippen LogP contribution in [0.2, 0.25) is 0 Å². The number of hydrogen-bond donors (Lipinski definition) is 2. The van der Waals surface area contributed by atoms with E-state index in [4.69, 9.17) is 0 Å². The van der Waals surface area contributed by atoms with Crippen LogP contribution in [0.5, 0.6) is 0 Å². The smallest absolute Gasteiger partial charge is 0.223 e. The van der Waals surface area contributed by atoms with Gasteiger partial charge in [0.15, 0.2) is 0 Å². The molecule has 1 amide bonds. The van der Waals surface area contributed by atoms with Gasteiger partial charge in [0.25, 0.3) is 0 Å². The van der Waals surface area contributed by atoms with E-state index in [1.54, 1.807) is 0 Å². The van der Waals surface area contributed by atoms with Crippen LogP contribution in [0.1, 0.15) is 38.5 Å². The standard InChI is InChI=1S/C11H20N2O/c14-11(9-3-1-2-4-9)13-10-5-7-12-8-6-10/h9-10,12H,1-8H2,(H,13,14)/p+1. The molecule has 0 aromatic rings. The molecule has 80 valence electrons. The summed E-state index contributed by atoms with van der Waals surface area (Å²) in [6.45, 7) is 2.35. The summed E-state index contributed by atoms with van der Waals surface area (Å²) in [5.74, 6) is 0.662. The Balaban J connectivity index is 1.75. The third-order valence-corrected chi connectivity index (χ3v) is 3.51. The van der Waals surface area contributed by atoms with Gasteiger partial charge in [0.05, 0.1) is 13.1 Å². The summed E-state index contributed by atoms with van der Waals surface area (Å²) in [6, 6.07) is 0.466. The highest BCUT2D eigenvalue weighted by Crippen LogP contribution is 2.24. The molecule has 0 bridgehead atoms. The van der Waals surface area contributed by atoms with Crippen molar-refractivity contribution < 1.29 is 10.1 Å². The zero-order valence-corrected chi connectivity index (χ0v) is 8.80. The maximum absolute atomic E-state index is 11.8. The Bertz CT molecular complexity index is 193. The highest BCUT2D eigenvalue weighted by Gasteiger charge is 2.25. The minimum atomic E-state index is 0.328. The Hall–Kier alpha value is -0.570. The highest BCUT2D eigenvalue weighted by molar-refractivity contribution is 5.79. The Labute approximate surface area is 85.6 Å². The Kier molecular flexibility index (Phi) is 3.40. The van der Waals surface area contributed by atoms with Crippen molar-refractivity contribution in [1.82, 2.24) is 5.32 Å². The van der Waals surface area contributed by atoms with Crippen molar-refractivity contribution in [2.45, 2.75) is 44.6 Å². The van der Waals surface area contributed by atoms with Gasteiger partial charge in [-0.2, -0.15) is 0 Å². The van der Waals surface area contributed by atoms with Gasteiger partial charge in [0.2, 0.25) is 5.91 Å². The minimum absolute atomic E-state index is 0.328. The van der Waals surface area contributed by atoms with Gasteiger partial charge in [-0.1, -0.05) is 12.8 Å². The summed E-state index contributed by atoms with van der Waals surface area (Å²) in [5, 5.41) is 5.53. The molecule has 1 saturated heterocycles. The molecule has 2 rings (SSSR count). The van der Waals surface area contributed by atoms with Gasteiger partial charge in [-0.15, -0.1) is 0 Å². The Morgan fingerprint density at radius 2 is 1.71 bits per heavy atom. The first kappa shape index (κ1) is 9.97. The van der Waals surface area contributed by atoms with Crippen LogP contribution in [0.4, 0.5) is 0 Å². The Morgan fingerprint density at radius 3 is 2.36 bits per heavy atom. The van der Waals surface area contributed by atoms with Crippen molar-refractivity contribution in [3.8, 4) is 0 Å². The second-order valence-corrected chi connectivity index (χ2v) is 4.63. The molecule has 1 aliphatic heterocycles. The number of rotatable bonds is 2. The van der Waals surface area contributed by atoms with E-state index >= 15 is 0 Å². The molecule has 3 N–H and O–H groups in total. The van der Waals surface area contributed by atoms with Gasteiger partial charge in [-0.25, -0.2) is 0 Å². The molecular formula is C11H21N2O+. The average Bonchev–Trinajstić information content (AvgIpc) is 2.72. The van der Waals surface area contributed by atoms with E-state index in [2.05, 4.69) is 10.6 Å². The van der Waals surface area contributed by atoms with E-state index in [0.717, 1.165) is 25.7 Å². The van der Waals surface area contributed by atoms with Gasteiger partial charge < -0.3 is 10.6 Å². The van der Waals surface area contributed by atoms with Crippen molar-refractivity contribution in [3.05, 3.63) is 0 Å². The minimum Gasteiger partial charge on any atom is -0.353 e. The molecule has 14 heavy (non-hydrogen) atoms. The fraction of sp³-hybridized carbons (Fsp3) is 0.909. The predicted molar refractivity (Wildman–Crippen MR) is 54.8 cm³/mol. The number of amides is 1. The third kappa shape index (κ3) is 2.47. The number of nitrogens with one attached hydrogen (secondary N) is 1. The van der Waals surface area contributed by atoms with Crippen LogP contribution in [-0.2, 0) is 4.79 Å². The van der Waals surface area contributed by atoms with Crippen LogP contribution in [0, 0.1) is 5.92 Å². The highest BCUT2D eigenvalue weighted by atomic mass is 16.1. The van der Waals surface area contributed by atoms with Crippen LogP contribution >= 0.6 is 0 Å². The lowest BCUT2D eigenvalue weighted by Gasteiger charge is -2.23. The van der Waals surface area contributed by atoms with Crippen LogP contribution in [0.3, 0.4) is 0 Å². The first-order valence-electron chi connectivity index (χ1n) is 5.98. The van der Waals surface area contributed by atoms with Gasteiger partial charge >= 0.3 is 0 Å². The molecular weight excluding hydrogens is 176 g/mol. The molecule has 2 fully saturated rings. The number of hydrogen-bond acceptors (Lipinski definition) is 1. The number of quaternary nitrogens is 1. The first-order chi connectivity index (χ1) is 6.86. The van der Waals surface area contributed by atoms with Crippen LogP contribution in [0.25, 0.3) is 0 Å². The molecule has 0 spiro atoms. The fourth-order valence-electron chi connectivity index (χ4n) is 2.58. The van der Waals surface area contributed by atoms with E-state index in [1.807, 2.05) is 0 Å². The first-order valence-corrected chi connectivity index (χ1v) is 5.98. The molecule has 0 atom stereocenters. The molecule has 1 heterocycles. The molecule has 0 aromatic carbocycles. The van der Waals surface area contributed by atoms with Crippen molar-refractivity contribution in [2.75, 3.05) is 13.1 Å². The second-order valence-electron chi connectivity index (χ2n) is 4.63. The summed E-state index contributed by atoms with van der Waals surface area (Å²) in [6.07, 6.45) is 7.03. The molecule has 0 unspecified atom stereocenters. The fourth-order valence-corrected chi connectivity index (χ4v) is 2.58. The number of carbonyl (C=O) groups is 1. The van der Waals surface area contributed by atoms with Gasteiger partial charge in [-0.05, 0) is 12.8 Å². The largest absolute Gasteiger partial charge is 0.353 e. The lowest BCUT2D eigenvalue weighted by atomic mass is 10.0. The summed E-state index contributed by atoms with van der Waals surface area (Å²) in [4.78, 5) is 11.8. The molecule has 3 heteroatoms. The van der Waals surface area contributed by atoms with Crippen molar-refractivity contribution in [1.29, 1.82) is 0 Å². The van der Waals surface area contributed by atoms with E-state index in [1.165, 1.54) is 25.9 Å². The summed E-state index contributed by atoms with van der Waals surface area (Å²) >= 11 is 0. The number of nitrogens with two attached hydrogens (primary N) is 1. The molecule has 0 radical (unpaired) electrons. The SMILES string of the molecule is O=C(NC1CC[NH2+]CC1)C1CCCC1. The van der Waals surface area contributed by atoms with E-state index in [9.17, 15) is 4.79 Å². The van der Waals surface area contributed by atoms with E-state index in [0.29, 0.717) is 17.9 Å². The summed E-state index contributed by atoms with van der Waals surface area (Å²) in [7, 11) is 0. The molecule has 3 nitrogen and oxygen atoms in total. The van der Waals surface area contributed by atoms with Crippen molar-refractivity contribution in [3.63, 3.8) is 0 Å². The van der Waals surface area contributed by atoms with E-state index < -0.39 is 0 Å². The van der Waals surface area contributed by atoms with Gasteiger partial charge in [0, 0.05) is 24.8 Å². The van der Waals surface area contributed by atoms with Gasteiger partial charge in [-0.3, -0.25) is 4.79 Å².